The number of benzene rings is 2. The van der Waals surface area contributed by atoms with Crippen molar-refractivity contribution >= 4 is 34.0 Å². The Morgan fingerprint density at radius 1 is 1.00 bits per heavy atom. The van der Waals surface area contributed by atoms with Crippen molar-refractivity contribution in [2.24, 2.45) is 0 Å². The van der Waals surface area contributed by atoms with Crippen LogP contribution in [0.5, 0.6) is 0 Å². The van der Waals surface area contributed by atoms with E-state index in [1.165, 1.54) is 16.9 Å². The van der Waals surface area contributed by atoms with E-state index in [2.05, 4.69) is 17.0 Å². The lowest BCUT2D eigenvalue weighted by atomic mass is 9.95. The molecule has 0 fully saturated rings. The number of carbonyl (C=O) groups is 2. The highest BCUT2D eigenvalue weighted by Crippen LogP contribution is 2.29. The number of hydrogen-bond donors (Lipinski definition) is 0. The second kappa shape index (κ2) is 9.02. The zero-order chi connectivity index (χ0) is 21.9. The van der Waals surface area contributed by atoms with Crippen molar-refractivity contribution < 1.29 is 14.3 Å². The van der Waals surface area contributed by atoms with Crippen LogP contribution < -0.4 is 0 Å². The summed E-state index contributed by atoms with van der Waals surface area (Å²) in [4.78, 5) is 33.4. The van der Waals surface area contributed by atoms with E-state index < -0.39 is 5.97 Å². The van der Waals surface area contributed by atoms with Crippen molar-refractivity contribution in [2.75, 3.05) is 13.2 Å². The third-order valence-electron chi connectivity index (χ3n) is 5.71. The maximum absolute atomic E-state index is 13.3. The first kappa shape index (κ1) is 20.5. The number of rotatable bonds is 6. The van der Waals surface area contributed by atoms with Crippen LogP contribution in [-0.4, -0.2) is 34.8 Å². The van der Waals surface area contributed by atoms with Crippen molar-refractivity contribution in [1.29, 1.82) is 0 Å². The molecule has 3 heterocycles. The van der Waals surface area contributed by atoms with Gasteiger partial charge in [0.15, 0.2) is 6.61 Å². The van der Waals surface area contributed by atoms with E-state index in [1.807, 2.05) is 53.9 Å². The first-order valence-corrected chi connectivity index (χ1v) is 11.5. The summed E-state index contributed by atoms with van der Waals surface area (Å²) in [5.41, 5.74) is 4.38. The van der Waals surface area contributed by atoms with Crippen LogP contribution in [0.4, 0.5) is 0 Å². The van der Waals surface area contributed by atoms with E-state index in [4.69, 9.17) is 9.72 Å². The number of esters is 1. The Balaban J connectivity index is 1.45. The fourth-order valence-corrected chi connectivity index (χ4v) is 4.82. The molecule has 4 aromatic rings. The summed E-state index contributed by atoms with van der Waals surface area (Å²) in [6.45, 7) is 2.03. The topological polar surface area (TPSA) is 59.5 Å². The van der Waals surface area contributed by atoms with E-state index in [9.17, 15) is 9.59 Å². The third-order valence-corrected chi connectivity index (χ3v) is 6.62. The predicted octanol–water partition coefficient (Wildman–Crippen LogP) is 4.89. The van der Waals surface area contributed by atoms with Crippen LogP contribution in [0.3, 0.4) is 0 Å². The minimum Gasteiger partial charge on any atom is -0.454 e. The summed E-state index contributed by atoms with van der Waals surface area (Å²) in [6, 6.07) is 21.5. The average molecular weight is 443 g/mol. The number of aromatic nitrogens is 1. The van der Waals surface area contributed by atoms with E-state index in [1.54, 1.807) is 6.07 Å². The Morgan fingerprint density at radius 3 is 2.62 bits per heavy atom. The Morgan fingerprint density at radius 2 is 1.81 bits per heavy atom. The van der Waals surface area contributed by atoms with Gasteiger partial charge in [0.1, 0.15) is 0 Å². The van der Waals surface area contributed by atoms with Crippen LogP contribution in [0.2, 0.25) is 0 Å². The number of Topliss-reactive ketones (excluding diaryl/α,β-unsaturated/α-hetero) is 1. The van der Waals surface area contributed by atoms with E-state index in [0.717, 1.165) is 41.7 Å². The first-order valence-electron chi connectivity index (χ1n) is 10.6. The quantitative estimate of drug-likeness (QED) is 0.314. The van der Waals surface area contributed by atoms with E-state index >= 15 is 0 Å². The van der Waals surface area contributed by atoms with Crippen molar-refractivity contribution in [1.82, 2.24) is 9.88 Å². The molecule has 0 aliphatic carbocycles. The molecule has 2 aromatic heterocycles. The molecule has 0 N–H and O–H groups in total. The van der Waals surface area contributed by atoms with Gasteiger partial charge in [-0.1, -0.05) is 54.6 Å². The highest BCUT2D eigenvalue weighted by molar-refractivity contribution is 7.12. The largest absolute Gasteiger partial charge is 0.454 e. The molecule has 0 amide bonds. The summed E-state index contributed by atoms with van der Waals surface area (Å²) in [7, 11) is 0. The molecule has 0 atom stereocenters. The lowest BCUT2D eigenvalue weighted by Crippen LogP contribution is -2.32. The number of nitrogens with zero attached hydrogens (tertiary/aromatic N) is 2. The van der Waals surface area contributed by atoms with Crippen LogP contribution in [0, 0.1) is 0 Å². The molecule has 5 rings (SSSR count). The summed E-state index contributed by atoms with van der Waals surface area (Å²) in [5, 5.41) is 2.60. The molecule has 0 bridgehead atoms. The molecule has 0 saturated carbocycles. The summed E-state index contributed by atoms with van der Waals surface area (Å²) < 4.78 is 5.51. The van der Waals surface area contributed by atoms with Gasteiger partial charge in [-0.25, -0.2) is 4.79 Å². The van der Waals surface area contributed by atoms with E-state index in [0.29, 0.717) is 17.0 Å². The minimum atomic E-state index is -0.466. The molecular formula is C26H22N2O3S. The fourth-order valence-electron chi connectivity index (χ4n) is 4.17. The number of thiophene rings is 1. The van der Waals surface area contributed by atoms with Gasteiger partial charge in [0, 0.05) is 42.7 Å². The summed E-state index contributed by atoms with van der Waals surface area (Å²) in [6.07, 6.45) is 0.765. The van der Waals surface area contributed by atoms with Gasteiger partial charge in [0.05, 0.1) is 16.0 Å². The maximum atomic E-state index is 13.3. The SMILES string of the molecule is O=C(COC(=O)c1c2c(nc3ccccc13)CCN(Cc1ccccc1)C2)c1cccs1. The summed E-state index contributed by atoms with van der Waals surface area (Å²) in [5.74, 6) is -0.655. The van der Waals surface area contributed by atoms with Gasteiger partial charge in [-0.05, 0) is 23.1 Å². The number of hydrogen-bond acceptors (Lipinski definition) is 6. The van der Waals surface area contributed by atoms with Crippen molar-refractivity contribution in [3.63, 3.8) is 0 Å². The molecule has 0 spiro atoms. The Hall–Kier alpha value is -3.35. The van der Waals surface area contributed by atoms with E-state index in [-0.39, 0.29) is 12.4 Å². The van der Waals surface area contributed by atoms with Gasteiger partial charge in [-0.2, -0.15) is 0 Å². The zero-order valence-electron chi connectivity index (χ0n) is 17.5. The van der Waals surface area contributed by atoms with Gasteiger partial charge in [0.25, 0.3) is 0 Å². The smallest absolute Gasteiger partial charge is 0.339 e. The molecule has 0 saturated heterocycles. The van der Waals surface area contributed by atoms with Gasteiger partial charge in [0.2, 0.25) is 5.78 Å². The highest BCUT2D eigenvalue weighted by Gasteiger charge is 2.27. The lowest BCUT2D eigenvalue weighted by Gasteiger charge is -2.30. The van der Waals surface area contributed by atoms with Gasteiger partial charge < -0.3 is 4.74 Å². The normalized spacial score (nSPS) is 13.6. The first-order chi connectivity index (χ1) is 15.7. The number of para-hydroxylation sites is 1. The van der Waals surface area contributed by atoms with Crippen LogP contribution in [0.15, 0.2) is 72.1 Å². The monoisotopic (exact) mass is 442 g/mol. The predicted molar refractivity (Wildman–Crippen MR) is 125 cm³/mol. The number of fused-ring (bicyclic) bond motifs is 2. The van der Waals surface area contributed by atoms with Gasteiger partial charge in [-0.3, -0.25) is 14.7 Å². The Kier molecular flexibility index (Phi) is 5.79. The van der Waals surface area contributed by atoms with Crippen LogP contribution in [-0.2, 0) is 24.2 Å². The highest BCUT2D eigenvalue weighted by atomic mass is 32.1. The summed E-state index contributed by atoms with van der Waals surface area (Å²) >= 11 is 1.35. The Labute approximate surface area is 190 Å². The molecule has 5 nitrogen and oxygen atoms in total. The van der Waals surface area contributed by atoms with Crippen LogP contribution in [0.25, 0.3) is 10.9 Å². The molecule has 160 valence electrons. The van der Waals surface area contributed by atoms with Crippen molar-refractivity contribution in [2.45, 2.75) is 19.5 Å². The number of ether oxygens (including phenoxy) is 1. The van der Waals surface area contributed by atoms with Gasteiger partial charge >= 0.3 is 5.97 Å². The third kappa shape index (κ3) is 4.20. The lowest BCUT2D eigenvalue weighted by molar-refractivity contribution is 0.0475. The molecule has 6 heteroatoms. The van der Waals surface area contributed by atoms with Crippen LogP contribution in [0.1, 0.15) is 36.9 Å². The molecule has 1 aliphatic heterocycles. The maximum Gasteiger partial charge on any atom is 0.339 e. The number of ketones is 1. The van der Waals surface area contributed by atoms with Crippen LogP contribution >= 0.6 is 11.3 Å². The number of pyridine rings is 1. The van der Waals surface area contributed by atoms with Crippen molar-refractivity contribution in [3.05, 3.63) is 99.4 Å². The number of carbonyl (C=O) groups excluding carboxylic acids is 2. The average Bonchev–Trinajstić information content (AvgIpc) is 3.37. The molecule has 0 radical (unpaired) electrons. The second-order valence-electron chi connectivity index (χ2n) is 7.85. The minimum absolute atomic E-state index is 0.189. The molecule has 1 aliphatic rings. The van der Waals surface area contributed by atoms with Gasteiger partial charge in [-0.15, -0.1) is 11.3 Å². The van der Waals surface area contributed by atoms with Crippen molar-refractivity contribution in [3.8, 4) is 0 Å². The second-order valence-corrected chi connectivity index (χ2v) is 8.80. The molecule has 0 unspecified atom stereocenters. The molecular weight excluding hydrogens is 420 g/mol. The zero-order valence-corrected chi connectivity index (χ0v) is 18.3. The Bertz CT molecular complexity index is 1270. The fraction of sp³-hybridized carbons (Fsp3) is 0.192. The molecule has 2 aromatic carbocycles. The standard InChI is InChI=1S/C26H22N2O3S/c29-23(24-11-6-14-32-24)17-31-26(30)25-19-9-4-5-10-21(19)27-22-12-13-28(16-20(22)25)15-18-7-2-1-3-8-18/h1-11,14H,12-13,15-17H2. The molecule has 32 heavy (non-hydrogen) atoms.